The summed E-state index contributed by atoms with van der Waals surface area (Å²) in [6, 6.07) is 9.50. The Balaban J connectivity index is 1.97. The Labute approximate surface area is 124 Å². The van der Waals surface area contributed by atoms with Gasteiger partial charge in [-0.2, -0.15) is 0 Å². The third-order valence-electron chi connectivity index (χ3n) is 4.01. The molecule has 0 unspecified atom stereocenters. The van der Waals surface area contributed by atoms with Crippen molar-refractivity contribution in [2.45, 2.75) is 44.1 Å². The van der Waals surface area contributed by atoms with E-state index in [-0.39, 0.29) is 43.6 Å². The second-order valence-corrected chi connectivity index (χ2v) is 5.63. The van der Waals surface area contributed by atoms with E-state index in [1.165, 1.54) is 0 Å². The van der Waals surface area contributed by atoms with Gasteiger partial charge in [0.2, 0.25) is 11.8 Å². The van der Waals surface area contributed by atoms with Crippen LogP contribution in [0.5, 0.6) is 0 Å². The maximum atomic E-state index is 13.1. The summed E-state index contributed by atoms with van der Waals surface area (Å²) in [6.45, 7) is 3.71. The van der Waals surface area contributed by atoms with Gasteiger partial charge in [-0.1, -0.05) is 36.4 Å². The Morgan fingerprint density at radius 3 is 2.52 bits per heavy atom. The first-order valence-corrected chi connectivity index (χ1v) is 7.36. The van der Waals surface area contributed by atoms with Crippen LogP contribution in [0, 0.1) is 5.92 Å². The van der Waals surface area contributed by atoms with Crippen LogP contribution in [0.4, 0.5) is 8.78 Å². The van der Waals surface area contributed by atoms with Crippen LogP contribution in [-0.2, 0) is 4.79 Å². The molecule has 1 N–H and O–H groups in total. The summed E-state index contributed by atoms with van der Waals surface area (Å²) < 4.78 is 26.3. The average molecular weight is 293 g/mol. The van der Waals surface area contributed by atoms with Crippen molar-refractivity contribution in [3.63, 3.8) is 0 Å². The highest BCUT2D eigenvalue weighted by Crippen LogP contribution is 2.36. The smallest absolute Gasteiger partial charge is 0.248 e. The Morgan fingerprint density at radius 1 is 1.33 bits per heavy atom. The quantitative estimate of drug-likeness (QED) is 0.808. The summed E-state index contributed by atoms with van der Waals surface area (Å²) in [5, 5.41) is 2.98. The van der Waals surface area contributed by atoms with Gasteiger partial charge in [-0.15, -0.1) is 6.58 Å². The van der Waals surface area contributed by atoms with Gasteiger partial charge in [-0.3, -0.25) is 4.79 Å². The molecule has 0 aliphatic heterocycles. The minimum atomic E-state index is -2.60. The molecule has 0 bridgehead atoms. The van der Waals surface area contributed by atoms with Crippen LogP contribution in [-0.4, -0.2) is 11.8 Å². The zero-order valence-corrected chi connectivity index (χ0v) is 12.0. The zero-order valence-electron chi connectivity index (χ0n) is 12.0. The van der Waals surface area contributed by atoms with Crippen molar-refractivity contribution in [2.75, 3.05) is 0 Å². The molecule has 1 aliphatic rings. The van der Waals surface area contributed by atoms with Gasteiger partial charge in [0.25, 0.3) is 0 Å². The summed E-state index contributed by atoms with van der Waals surface area (Å²) in [7, 11) is 0. The van der Waals surface area contributed by atoms with E-state index in [9.17, 15) is 13.6 Å². The van der Waals surface area contributed by atoms with Gasteiger partial charge in [0.15, 0.2) is 0 Å². The molecule has 0 aromatic heterocycles. The fraction of sp³-hybridized carbons (Fsp3) is 0.471. The molecule has 2 nitrogen and oxygen atoms in total. The topological polar surface area (TPSA) is 29.1 Å². The van der Waals surface area contributed by atoms with Gasteiger partial charge in [0.1, 0.15) is 0 Å². The lowest BCUT2D eigenvalue weighted by atomic mass is 9.86. The highest BCUT2D eigenvalue weighted by Gasteiger charge is 2.37. The number of carbonyl (C=O) groups excluding carboxylic acids is 1. The van der Waals surface area contributed by atoms with E-state index in [4.69, 9.17) is 0 Å². The average Bonchev–Trinajstić information content (AvgIpc) is 2.47. The monoisotopic (exact) mass is 293 g/mol. The molecule has 2 rings (SSSR count). The molecule has 1 aromatic carbocycles. The van der Waals surface area contributed by atoms with Crippen LogP contribution in [0.25, 0.3) is 0 Å². The Hall–Kier alpha value is -1.71. The third kappa shape index (κ3) is 4.38. The van der Waals surface area contributed by atoms with E-state index < -0.39 is 5.92 Å². The van der Waals surface area contributed by atoms with E-state index >= 15 is 0 Å². The Morgan fingerprint density at radius 2 is 1.95 bits per heavy atom. The normalized spacial score (nSPS) is 19.7. The van der Waals surface area contributed by atoms with E-state index in [0.717, 1.165) is 5.56 Å². The summed E-state index contributed by atoms with van der Waals surface area (Å²) >= 11 is 0. The zero-order chi connectivity index (χ0) is 15.3. The molecule has 1 aliphatic carbocycles. The fourth-order valence-corrected chi connectivity index (χ4v) is 2.72. The van der Waals surface area contributed by atoms with E-state index in [0.29, 0.717) is 6.42 Å². The highest BCUT2D eigenvalue weighted by atomic mass is 19.3. The number of hydrogen-bond donors (Lipinski definition) is 1. The number of nitrogens with one attached hydrogen (secondary N) is 1. The summed E-state index contributed by atoms with van der Waals surface area (Å²) in [5.41, 5.74) is 1.01. The second-order valence-electron chi connectivity index (χ2n) is 5.63. The number of benzene rings is 1. The summed E-state index contributed by atoms with van der Waals surface area (Å²) in [6.07, 6.45) is 2.51. The number of rotatable bonds is 5. The molecule has 1 saturated carbocycles. The molecule has 1 aromatic rings. The number of amides is 1. The molecule has 1 atom stereocenters. The van der Waals surface area contributed by atoms with Crippen LogP contribution in [0.2, 0.25) is 0 Å². The molecule has 0 heterocycles. The van der Waals surface area contributed by atoms with Crippen molar-refractivity contribution in [1.82, 2.24) is 5.32 Å². The van der Waals surface area contributed by atoms with Crippen molar-refractivity contribution in [3.05, 3.63) is 48.6 Å². The molecule has 0 spiro atoms. The summed E-state index contributed by atoms with van der Waals surface area (Å²) in [4.78, 5) is 12.3. The van der Waals surface area contributed by atoms with Gasteiger partial charge in [0.05, 0.1) is 6.04 Å². The molecule has 1 fully saturated rings. The van der Waals surface area contributed by atoms with Crippen molar-refractivity contribution in [2.24, 2.45) is 5.92 Å². The predicted molar refractivity (Wildman–Crippen MR) is 79.0 cm³/mol. The lowest BCUT2D eigenvalue weighted by Crippen LogP contribution is -2.37. The highest BCUT2D eigenvalue weighted by molar-refractivity contribution is 5.79. The minimum Gasteiger partial charge on any atom is -0.349 e. The number of carbonyl (C=O) groups is 1. The van der Waals surface area contributed by atoms with Crippen molar-refractivity contribution >= 4 is 5.91 Å². The van der Waals surface area contributed by atoms with Crippen LogP contribution >= 0.6 is 0 Å². The first-order valence-electron chi connectivity index (χ1n) is 7.36. The fourth-order valence-electron chi connectivity index (χ4n) is 2.72. The number of alkyl halides is 2. The lowest BCUT2D eigenvalue weighted by molar-refractivity contribution is -0.129. The molecule has 114 valence electrons. The van der Waals surface area contributed by atoms with Crippen LogP contribution in [0.1, 0.15) is 43.7 Å². The first-order chi connectivity index (χ1) is 10.0. The summed E-state index contributed by atoms with van der Waals surface area (Å²) in [5.74, 6) is -3.03. The molecule has 21 heavy (non-hydrogen) atoms. The third-order valence-corrected chi connectivity index (χ3v) is 4.01. The molecule has 0 radical (unpaired) electrons. The van der Waals surface area contributed by atoms with Crippen molar-refractivity contribution in [1.29, 1.82) is 0 Å². The molecule has 0 saturated heterocycles. The minimum absolute atomic E-state index is 0.124. The standard InChI is InChI=1S/C17H21F2NO/c1-2-6-15(13-7-4-3-5-8-13)20-16(21)14-9-11-17(18,19)12-10-14/h2-5,7-8,14-15H,1,6,9-12H2,(H,20,21)/t15-/m1/s1. The van der Waals surface area contributed by atoms with E-state index in [1.54, 1.807) is 6.08 Å². The second kappa shape index (κ2) is 6.83. The van der Waals surface area contributed by atoms with Crippen LogP contribution in [0.3, 0.4) is 0 Å². The van der Waals surface area contributed by atoms with Gasteiger partial charge in [0, 0.05) is 18.8 Å². The van der Waals surface area contributed by atoms with E-state index in [2.05, 4.69) is 11.9 Å². The maximum Gasteiger partial charge on any atom is 0.248 e. The molecular formula is C17H21F2NO. The largest absolute Gasteiger partial charge is 0.349 e. The maximum absolute atomic E-state index is 13.1. The Kier molecular flexibility index (Phi) is 5.10. The molecule has 1 amide bonds. The van der Waals surface area contributed by atoms with Crippen molar-refractivity contribution in [3.8, 4) is 0 Å². The van der Waals surface area contributed by atoms with Crippen LogP contribution < -0.4 is 5.32 Å². The van der Waals surface area contributed by atoms with Crippen LogP contribution in [0.15, 0.2) is 43.0 Å². The predicted octanol–water partition coefficient (Wildman–Crippen LogP) is 4.25. The van der Waals surface area contributed by atoms with E-state index in [1.807, 2.05) is 30.3 Å². The molecule has 4 heteroatoms. The van der Waals surface area contributed by atoms with Gasteiger partial charge in [-0.05, 0) is 24.8 Å². The van der Waals surface area contributed by atoms with Crippen molar-refractivity contribution < 1.29 is 13.6 Å². The van der Waals surface area contributed by atoms with Gasteiger partial charge >= 0.3 is 0 Å². The molecular weight excluding hydrogens is 272 g/mol. The SMILES string of the molecule is C=CC[C@@H](NC(=O)C1CCC(F)(F)CC1)c1ccccc1. The van der Waals surface area contributed by atoms with Gasteiger partial charge < -0.3 is 5.32 Å². The number of halogens is 2. The van der Waals surface area contributed by atoms with Gasteiger partial charge in [-0.25, -0.2) is 8.78 Å². The number of hydrogen-bond acceptors (Lipinski definition) is 1. The lowest BCUT2D eigenvalue weighted by Gasteiger charge is -2.29. The first kappa shape index (κ1) is 15.7. The Bertz CT molecular complexity index is 477.